The van der Waals surface area contributed by atoms with E-state index < -0.39 is 97.5 Å². The monoisotopic (exact) mass is 1480 g/mol. The Morgan fingerprint density at radius 1 is 0.267 bits per heavy atom. The Morgan fingerprint density at radius 3 is 0.673 bits per heavy atom. The maximum absolute atomic E-state index is 13.1. The number of rotatable bonds is 82. The minimum Gasteiger partial charge on any atom is -0.462 e. The Morgan fingerprint density at radius 2 is 0.455 bits per heavy atom. The number of carbonyl (C=O) groups excluding carboxylic acids is 4. The summed E-state index contributed by atoms with van der Waals surface area (Å²) in [5.74, 6) is -1.31. The first-order chi connectivity index (χ1) is 49.0. The lowest BCUT2D eigenvalue weighted by molar-refractivity contribution is -0.161. The van der Waals surface area contributed by atoms with E-state index >= 15 is 0 Å². The molecule has 0 saturated carbocycles. The molecule has 0 radical (unpaired) electrons. The summed E-state index contributed by atoms with van der Waals surface area (Å²) in [7, 11) is -9.92. The number of aliphatic hydroxyl groups excluding tert-OH is 1. The van der Waals surface area contributed by atoms with E-state index in [9.17, 15) is 43.2 Å². The van der Waals surface area contributed by atoms with Crippen LogP contribution >= 0.6 is 15.6 Å². The highest BCUT2D eigenvalue weighted by atomic mass is 31.2. The second-order valence-electron chi connectivity index (χ2n) is 30.0. The molecule has 600 valence electrons. The number of hydrogen-bond donors (Lipinski definition) is 3. The molecule has 2 unspecified atom stereocenters. The van der Waals surface area contributed by atoms with Gasteiger partial charge in [0, 0.05) is 25.7 Å². The van der Waals surface area contributed by atoms with Crippen molar-refractivity contribution in [3.63, 3.8) is 0 Å². The van der Waals surface area contributed by atoms with Gasteiger partial charge in [-0.25, -0.2) is 9.13 Å². The van der Waals surface area contributed by atoms with Gasteiger partial charge in [-0.1, -0.05) is 388 Å². The summed E-state index contributed by atoms with van der Waals surface area (Å²) >= 11 is 0. The molecule has 0 fully saturated rings. The van der Waals surface area contributed by atoms with Gasteiger partial charge in [0.25, 0.3) is 0 Å². The van der Waals surface area contributed by atoms with Crippen LogP contribution in [0.5, 0.6) is 0 Å². The van der Waals surface area contributed by atoms with Crippen molar-refractivity contribution in [2.75, 3.05) is 39.6 Å². The highest BCUT2D eigenvalue weighted by Gasteiger charge is 2.30. The van der Waals surface area contributed by atoms with Gasteiger partial charge in [0.2, 0.25) is 0 Å². The van der Waals surface area contributed by atoms with Crippen molar-refractivity contribution in [2.24, 2.45) is 5.92 Å². The van der Waals surface area contributed by atoms with Gasteiger partial charge in [0.15, 0.2) is 12.2 Å². The van der Waals surface area contributed by atoms with Crippen LogP contribution in [0.2, 0.25) is 0 Å². The first kappa shape index (κ1) is 99.1. The molecule has 19 heteroatoms. The molecule has 0 amide bonds. The van der Waals surface area contributed by atoms with Crippen LogP contribution in [0, 0.1) is 5.92 Å². The fourth-order valence-corrected chi connectivity index (χ4v) is 14.3. The van der Waals surface area contributed by atoms with Crippen molar-refractivity contribution >= 4 is 39.5 Å². The molecule has 0 rings (SSSR count). The SMILES string of the molecule is CCCCCCCCCCCCCCCCCCCCCC(=O)O[C@H](COC(=O)CCCCCCCCCCCCCCCC(C)C)COP(=O)(O)OC[C@@H](O)COP(=O)(O)OC[C@@H](COC(=O)CCCCCCCCCCCCCC)OC(=O)CCCCCCCCCCCCCCCC. The molecule has 0 aromatic rings. The molecule has 0 aromatic carbocycles. The Kier molecular flexibility index (Phi) is 73.5. The maximum atomic E-state index is 13.1. The van der Waals surface area contributed by atoms with E-state index in [4.69, 9.17) is 37.0 Å². The molecule has 0 bridgehead atoms. The van der Waals surface area contributed by atoms with Gasteiger partial charge in [-0.15, -0.1) is 0 Å². The number of unbranched alkanes of at least 4 members (excludes halogenated alkanes) is 54. The fraction of sp³-hybridized carbons (Fsp3) is 0.951. The third-order valence-electron chi connectivity index (χ3n) is 19.3. The lowest BCUT2D eigenvalue weighted by Crippen LogP contribution is -2.30. The quantitative estimate of drug-likeness (QED) is 0.0222. The lowest BCUT2D eigenvalue weighted by Gasteiger charge is -2.21. The molecule has 0 aliphatic carbocycles. The predicted octanol–water partition coefficient (Wildman–Crippen LogP) is 24.8. The minimum atomic E-state index is -4.96. The van der Waals surface area contributed by atoms with Gasteiger partial charge < -0.3 is 33.8 Å². The molecule has 5 atom stereocenters. The maximum Gasteiger partial charge on any atom is 0.472 e. The molecule has 0 aromatic heterocycles. The average Bonchev–Trinajstić information content (AvgIpc) is 0.933. The largest absolute Gasteiger partial charge is 0.472 e. The number of hydrogen-bond acceptors (Lipinski definition) is 15. The molecular formula is C82H160O17P2. The van der Waals surface area contributed by atoms with E-state index in [-0.39, 0.29) is 25.7 Å². The number of carbonyl (C=O) groups is 4. The molecule has 101 heavy (non-hydrogen) atoms. The molecule has 0 aliphatic rings. The van der Waals surface area contributed by atoms with E-state index in [1.165, 1.54) is 263 Å². The van der Waals surface area contributed by atoms with Crippen LogP contribution in [0.25, 0.3) is 0 Å². The smallest absolute Gasteiger partial charge is 0.462 e. The third-order valence-corrected chi connectivity index (χ3v) is 21.2. The normalized spacial score (nSPS) is 13.8. The van der Waals surface area contributed by atoms with E-state index in [2.05, 4.69) is 34.6 Å². The average molecular weight is 1480 g/mol. The van der Waals surface area contributed by atoms with Gasteiger partial charge in [0.1, 0.15) is 19.3 Å². The van der Waals surface area contributed by atoms with Crippen molar-refractivity contribution in [1.29, 1.82) is 0 Å². The minimum absolute atomic E-state index is 0.109. The Hall–Kier alpha value is -1.94. The summed E-state index contributed by atoms with van der Waals surface area (Å²) < 4.78 is 68.8. The van der Waals surface area contributed by atoms with Gasteiger partial charge in [-0.05, 0) is 31.6 Å². The molecule has 0 heterocycles. The van der Waals surface area contributed by atoms with E-state index in [1.807, 2.05) is 0 Å². The zero-order valence-corrected chi connectivity index (χ0v) is 67.8. The molecule has 0 saturated heterocycles. The van der Waals surface area contributed by atoms with Crippen LogP contribution < -0.4 is 0 Å². The first-order valence-corrected chi connectivity index (χ1v) is 45.6. The molecule has 3 N–H and O–H groups in total. The summed E-state index contributed by atoms with van der Waals surface area (Å²) in [4.78, 5) is 73.1. The molecule has 0 spiro atoms. The fourth-order valence-electron chi connectivity index (χ4n) is 12.8. The number of phosphoric acid groups is 2. The molecule has 0 aliphatic heterocycles. The summed E-state index contributed by atoms with van der Waals surface area (Å²) in [5, 5.41) is 10.7. The Bertz CT molecular complexity index is 1930. The summed E-state index contributed by atoms with van der Waals surface area (Å²) in [5.41, 5.74) is 0. The van der Waals surface area contributed by atoms with E-state index in [1.54, 1.807) is 0 Å². The third kappa shape index (κ3) is 76.1. The number of aliphatic hydroxyl groups is 1. The first-order valence-electron chi connectivity index (χ1n) is 42.6. The summed E-state index contributed by atoms with van der Waals surface area (Å²) in [6.45, 7) is 7.36. The second-order valence-corrected chi connectivity index (χ2v) is 32.9. The van der Waals surface area contributed by atoms with Gasteiger partial charge in [0.05, 0.1) is 26.4 Å². The zero-order valence-electron chi connectivity index (χ0n) is 66.1. The predicted molar refractivity (Wildman–Crippen MR) is 414 cm³/mol. The van der Waals surface area contributed by atoms with Crippen molar-refractivity contribution in [3.8, 4) is 0 Å². The van der Waals surface area contributed by atoms with E-state index in [0.29, 0.717) is 25.7 Å². The summed E-state index contributed by atoms with van der Waals surface area (Å²) in [6, 6.07) is 0. The van der Waals surface area contributed by atoms with Crippen LogP contribution in [-0.4, -0.2) is 96.7 Å². The number of phosphoric ester groups is 2. The number of esters is 4. The number of ether oxygens (including phenoxy) is 4. The van der Waals surface area contributed by atoms with Crippen molar-refractivity contribution < 1.29 is 80.2 Å². The molecular weight excluding hydrogens is 1320 g/mol. The van der Waals surface area contributed by atoms with Crippen LogP contribution in [-0.2, 0) is 65.4 Å². The van der Waals surface area contributed by atoms with Crippen molar-refractivity contribution in [2.45, 2.75) is 457 Å². The Labute approximate surface area is 619 Å². The zero-order chi connectivity index (χ0) is 74.1. The topological polar surface area (TPSA) is 237 Å². The molecule has 17 nitrogen and oxygen atoms in total. The van der Waals surface area contributed by atoms with Crippen LogP contribution in [0.1, 0.15) is 439 Å². The summed E-state index contributed by atoms with van der Waals surface area (Å²) in [6.07, 6.45) is 66.4. The van der Waals surface area contributed by atoms with E-state index in [0.717, 1.165) is 95.8 Å². The van der Waals surface area contributed by atoms with Gasteiger partial charge in [-0.3, -0.25) is 37.3 Å². The van der Waals surface area contributed by atoms with Crippen LogP contribution in [0.3, 0.4) is 0 Å². The van der Waals surface area contributed by atoms with Crippen LogP contribution in [0.4, 0.5) is 0 Å². The standard InChI is InChI=1S/C82H160O17P2/c1-6-9-12-15-18-21-24-27-29-30-31-32-33-37-43-48-53-58-63-68-82(87)99-78(72-93-80(85)66-61-56-51-46-41-38-34-35-39-44-49-54-59-64-75(4)5)74-97-101(90,91)95-70-76(83)69-94-100(88,89)96-73-77(71-92-79(84)65-60-55-50-45-40-26-23-20-17-14-11-8-3)98-81(86)67-62-57-52-47-42-36-28-25-22-19-16-13-10-7-2/h75-78,83H,6-74H2,1-5H3,(H,88,89)(H,90,91)/t76-,77+,78+/m0/s1. The lowest BCUT2D eigenvalue weighted by atomic mass is 10.0. The van der Waals surface area contributed by atoms with Crippen molar-refractivity contribution in [3.05, 3.63) is 0 Å². The highest BCUT2D eigenvalue weighted by molar-refractivity contribution is 7.47. The Balaban J connectivity index is 5.25. The van der Waals surface area contributed by atoms with Gasteiger partial charge in [-0.2, -0.15) is 0 Å². The second kappa shape index (κ2) is 74.9. The van der Waals surface area contributed by atoms with Gasteiger partial charge >= 0.3 is 39.5 Å². The van der Waals surface area contributed by atoms with Crippen LogP contribution in [0.15, 0.2) is 0 Å². The highest BCUT2D eigenvalue weighted by Crippen LogP contribution is 2.45. The van der Waals surface area contributed by atoms with Crippen molar-refractivity contribution in [1.82, 2.24) is 0 Å².